The SMILES string of the molecule is Cc1cc(C)cc(NC2CC(C)(C)OC2(C)C)c1. The molecule has 0 radical (unpaired) electrons. The largest absolute Gasteiger partial charge is 0.379 e. The number of rotatable bonds is 2. The highest BCUT2D eigenvalue weighted by atomic mass is 16.5. The molecule has 0 amide bonds. The first kappa shape index (κ1) is 13.4. The molecule has 2 nitrogen and oxygen atoms in total. The molecule has 1 N–H and O–H groups in total. The lowest BCUT2D eigenvalue weighted by atomic mass is 9.94. The van der Waals surface area contributed by atoms with Crippen LogP contribution in [-0.4, -0.2) is 17.2 Å². The summed E-state index contributed by atoms with van der Waals surface area (Å²) in [5.41, 5.74) is 3.63. The molecule has 1 fully saturated rings. The van der Waals surface area contributed by atoms with Crippen molar-refractivity contribution in [1.82, 2.24) is 0 Å². The molecule has 1 atom stereocenters. The summed E-state index contributed by atoms with van der Waals surface area (Å²) < 4.78 is 6.12. The fourth-order valence-electron chi connectivity index (χ4n) is 3.05. The average Bonchev–Trinajstić information content (AvgIpc) is 2.31. The Morgan fingerprint density at radius 2 is 1.61 bits per heavy atom. The van der Waals surface area contributed by atoms with Gasteiger partial charge in [0.1, 0.15) is 0 Å². The fraction of sp³-hybridized carbons (Fsp3) is 0.625. The van der Waals surface area contributed by atoms with Gasteiger partial charge >= 0.3 is 0 Å². The summed E-state index contributed by atoms with van der Waals surface area (Å²) in [7, 11) is 0. The Bertz CT molecular complexity index is 428. The first-order chi connectivity index (χ1) is 8.18. The monoisotopic (exact) mass is 247 g/mol. The van der Waals surface area contributed by atoms with E-state index in [0.717, 1.165) is 6.42 Å². The topological polar surface area (TPSA) is 21.3 Å². The highest BCUT2D eigenvalue weighted by Crippen LogP contribution is 2.38. The van der Waals surface area contributed by atoms with Crippen molar-refractivity contribution in [2.24, 2.45) is 0 Å². The Labute approximate surface area is 111 Å². The highest BCUT2D eigenvalue weighted by Gasteiger charge is 2.45. The van der Waals surface area contributed by atoms with Crippen molar-refractivity contribution in [3.8, 4) is 0 Å². The second-order valence-electron chi connectivity index (χ2n) is 6.74. The van der Waals surface area contributed by atoms with E-state index < -0.39 is 0 Å². The summed E-state index contributed by atoms with van der Waals surface area (Å²) in [6.07, 6.45) is 1.03. The van der Waals surface area contributed by atoms with Crippen LogP contribution in [-0.2, 0) is 4.74 Å². The van der Waals surface area contributed by atoms with Crippen LogP contribution in [0, 0.1) is 13.8 Å². The van der Waals surface area contributed by atoms with E-state index in [1.54, 1.807) is 0 Å². The number of ether oxygens (including phenoxy) is 1. The number of benzene rings is 1. The van der Waals surface area contributed by atoms with E-state index in [0.29, 0.717) is 6.04 Å². The van der Waals surface area contributed by atoms with Crippen molar-refractivity contribution in [1.29, 1.82) is 0 Å². The van der Waals surface area contributed by atoms with Gasteiger partial charge in [-0.1, -0.05) is 6.07 Å². The van der Waals surface area contributed by atoms with E-state index in [1.165, 1.54) is 16.8 Å². The fourth-order valence-corrected chi connectivity index (χ4v) is 3.05. The quantitative estimate of drug-likeness (QED) is 0.851. The molecule has 2 rings (SSSR count). The van der Waals surface area contributed by atoms with E-state index in [4.69, 9.17) is 4.74 Å². The van der Waals surface area contributed by atoms with Gasteiger partial charge in [0.05, 0.1) is 17.2 Å². The molecule has 0 spiro atoms. The van der Waals surface area contributed by atoms with Crippen LogP contribution < -0.4 is 5.32 Å². The van der Waals surface area contributed by atoms with Crippen LogP contribution in [0.2, 0.25) is 0 Å². The third-order valence-corrected chi connectivity index (χ3v) is 3.64. The second-order valence-corrected chi connectivity index (χ2v) is 6.74. The molecule has 18 heavy (non-hydrogen) atoms. The van der Waals surface area contributed by atoms with Gasteiger partial charge in [-0.15, -0.1) is 0 Å². The van der Waals surface area contributed by atoms with Crippen LogP contribution in [0.15, 0.2) is 18.2 Å². The van der Waals surface area contributed by atoms with Crippen molar-refractivity contribution >= 4 is 5.69 Å². The third-order valence-electron chi connectivity index (χ3n) is 3.64. The molecule has 1 aliphatic heterocycles. The molecule has 1 aliphatic rings. The minimum Gasteiger partial charge on any atom is -0.379 e. The maximum atomic E-state index is 6.12. The molecule has 1 heterocycles. The summed E-state index contributed by atoms with van der Waals surface area (Å²) >= 11 is 0. The van der Waals surface area contributed by atoms with E-state index >= 15 is 0 Å². The third kappa shape index (κ3) is 2.86. The molecule has 2 heteroatoms. The van der Waals surface area contributed by atoms with Crippen molar-refractivity contribution < 1.29 is 4.74 Å². The zero-order valence-corrected chi connectivity index (χ0v) is 12.4. The van der Waals surface area contributed by atoms with Crippen molar-refractivity contribution in [2.45, 2.75) is 65.2 Å². The Morgan fingerprint density at radius 1 is 1.06 bits per heavy atom. The Kier molecular flexibility index (Phi) is 3.18. The van der Waals surface area contributed by atoms with Gasteiger partial charge in [-0.05, 0) is 71.2 Å². The van der Waals surface area contributed by atoms with E-state index in [-0.39, 0.29) is 11.2 Å². The standard InChI is InChI=1S/C16H25NO/c1-11-7-12(2)9-13(8-11)17-14-10-15(3,4)18-16(14,5)6/h7-9,14,17H,10H2,1-6H3. The number of hydrogen-bond acceptors (Lipinski definition) is 2. The number of hydrogen-bond donors (Lipinski definition) is 1. The predicted octanol–water partition coefficient (Wildman–Crippen LogP) is 4.06. The molecule has 1 saturated heterocycles. The molecule has 1 aromatic rings. The van der Waals surface area contributed by atoms with Crippen LogP contribution in [0.1, 0.15) is 45.2 Å². The maximum Gasteiger partial charge on any atom is 0.0834 e. The normalized spacial score (nSPS) is 25.1. The molecular weight excluding hydrogens is 222 g/mol. The molecule has 0 bridgehead atoms. The highest BCUT2D eigenvalue weighted by molar-refractivity contribution is 5.49. The lowest BCUT2D eigenvalue weighted by Gasteiger charge is -2.28. The first-order valence-electron chi connectivity index (χ1n) is 6.73. The number of anilines is 1. The van der Waals surface area contributed by atoms with Crippen molar-refractivity contribution in [3.63, 3.8) is 0 Å². The van der Waals surface area contributed by atoms with Gasteiger partial charge in [0.2, 0.25) is 0 Å². The van der Waals surface area contributed by atoms with Gasteiger partial charge in [-0.2, -0.15) is 0 Å². The van der Waals surface area contributed by atoms with Gasteiger partial charge in [-0.25, -0.2) is 0 Å². The van der Waals surface area contributed by atoms with Gasteiger partial charge in [0.25, 0.3) is 0 Å². The maximum absolute atomic E-state index is 6.12. The lowest BCUT2D eigenvalue weighted by Crippen LogP contribution is -2.38. The summed E-state index contributed by atoms with van der Waals surface area (Å²) in [6.45, 7) is 12.9. The van der Waals surface area contributed by atoms with Gasteiger partial charge in [0.15, 0.2) is 0 Å². The molecule has 1 aromatic carbocycles. The second kappa shape index (κ2) is 4.27. The Morgan fingerprint density at radius 3 is 2.06 bits per heavy atom. The molecule has 1 unspecified atom stereocenters. The van der Waals surface area contributed by atoms with E-state index in [2.05, 4.69) is 65.1 Å². The molecule has 100 valence electrons. The summed E-state index contributed by atoms with van der Waals surface area (Å²) in [4.78, 5) is 0. The molecule has 0 saturated carbocycles. The minimum atomic E-state index is -0.124. The molecule has 0 aromatic heterocycles. The van der Waals surface area contributed by atoms with Crippen LogP contribution in [0.3, 0.4) is 0 Å². The Balaban J connectivity index is 2.19. The predicted molar refractivity (Wildman–Crippen MR) is 77.2 cm³/mol. The van der Waals surface area contributed by atoms with Crippen LogP contribution in [0.5, 0.6) is 0 Å². The van der Waals surface area contributed by atoms with Crippen molar-refractivity contribution in [2.75, 3.05) is 5.32 Å². The summed E-state index contributed by atoms with van der Waals surface area (Å²) in [5, 5.41) is 3.64. The van der Waals surface area contributed by atoms with Crippen LogP contribution >= 0.6 is 0 Å². The lowest BCUT2D eigenvalue weighted by molar-refractivity contribution is -0.0662. The smallest absolute Gasteiger partial charge is 0.0834 e. The molecular formula is C16H25NO. The van der Waals surface area contributed by atoms with Gasteiger partial charge in [-0.3, -0.25) is 0 Å². The van der Waals surface area contributed by atoms with Crippen LogP contribution in [0.25, 0.3) is 0 Å². The average molecular weight is 247 g/mol. The molecule has 0 aliphatic carbocycles. The summed E-state index contributed by atoms with van der Waals surface area (Å²) in [6, 6.07) is 6.96. The number of nitrogens with one attached hydrogen (secondary N) is 1. The van der Waals surface area contributed by atoms with Crippen LogP contribution in [0.4, 0.5) is 5.69 Å². The zero-order valence-electron chi connectivity index (χ0n) is 12.4. The minimum absolute atomic E-state index is 0.0416. The van der Waals surface area contributed by atoms with E-state index in [1.807, 2.05) is 0 Å². The zero-order chi connectivity index (χ0) is 13.6. The van der Waals surface area contributed by atoms with Crippen molar-refractivity contribution in [3.05, 3.63) is 29.3 Å². The Hall–Kier alpha value is -1.02. The number of aryl methyl sites for hydroxylation is 2. The van der Waals surface area contributed by atoms with Gasteiger partial charge in [0, 0.05) is 5.69 Å². The first-order valence-corrected chi connectivity index (χ1v) is 6.73. The summed E-state index contributed by atoms with van der Waals surface area (Å²) in [5.74, 6) is 0. The van der Waals surface area contributed by atoms with Gasteiger partial charge < -0.3 is 10.1 Å². The van der Waals surface area contributed by atoms with E-state index in [9.17, 15) is 0 Å².